The van der Waals surface area contributed by atoms with Gasteiger partial charge in [0.05, 0.1) is 0 Å². The zero-order valence-corrected chi connectivity index (χ0v) is 13.2. The van der Waals surface area contributed by atoms with Crippen molar-refractivity contribution in [1.29, 1.82) is 0 Å². The van der Waals surface area contributed by atoms with Crippen molar-refractivity contribution in [3.8, 4) is 0 Å². The molecule has 3 rings (SSSR count). The molecule has 2 heterocycles. The minimum absolute atomic E-state index is 0.102. The first-order valence-corrected chi connectivity index (χ1v) is 7.96. The summed E-state index contributed by atoms with van der Waals surface area (Å²) >= 11 is 0. The van der Waals surface area contributed by atoms with Crippen LogP contribution in [-0.4, -0.2) is 34.2 Å². The fraction of sp³-hybridized carbons (Fsp3) is 0.471. The number of aryl methyl sites for hydroxylation is 2. The average Bonchev–Trinajstić information content (AvgIpc) is 3.00. The van der Waals surface area contributed by atoms with Gasteiger partial charge >= 0.3 is 0 Å². The molecule has 1 saturated heterocycles. The maximum atomic E-state index is 12.9. The number of benzene rings is 1. The first kappa shape index (κ1) is 15.6. The van der Waals surface area contributed by atoms with Gasteiger partial charge < -0.3 is 4.90 Å². The van der Waals surface area contributed by atoms with Gasteiger partial charge in [0, 0.05) is 13.1 Å². The van der Waals surface area contributed by atoms with Crippen molar-refractivity contribution >= 4 is 5.91 Å². The van der Waals surface area contributed by atoms with Crippen molar-refractivity contribution < 1.29 is 13.8 Å². The minimum atomic E-state index is -0.209. The van der Waals surface area contributed by atoms with Crippen LogP contribution >= 0.6 is 0 Å². The Balaban J connectivity index is 1.57. The quantitative estimate of drug-likeness (QED) is 0.870. The largest absolute Gasteiger partial charge is 0.337 e. The highest BCUT2D eigenvalue weighted by molar-refractivity contribution is 5.93. The summed E-state index contributed by atoms with van der Waals surface area (Å²) in [5, 5.41) is 7.38. The lowest BCUT2D eigenvalue weighted by Gasteiger charge is -2.32. The first-order chi connectivity index (χ1) is 11.1. The summed E-state index contributed by atoms with van der Waals surface area (Å²) in [7, 11) is 0. The average molecular weight is 317 g/mol. The van der Waals surface area contributed by atoms with E-state index in [1.165, 1.54) is 12.1 Å². The maximum Gasteiger partial charge on any atom is 0.278 e. The molecule has 23 heavy (non-hydrogen) atoms. The molecule has 1 amide bonds. The lowest BCUT2D eigenvalue weighted by atomic mass is 9.91. The van der Waals surface area contributed by atoms with E-state index >= 15 is 0 Å². The van der Waals surface area contributed by atoms with Crippen molar-refractivity contribution in [3.63, 3.8) is 0 Å². The van der Waals surface area contributed by atoms with E-state index in [1.807, 2.05) is 17.0 Å². The van der Waals surface area contributed by atoms with Crippen LogP contribution in [0.15, 0.2) is 28.9 Å². The van der Waals surface area contributed by atoms with Crippen LogP contribution in [0.3, 0.4) is 0 Å². The number of rotatable bonds is 4. The molecule has 6 heteroatoms. The smallest absolute Gasteiger partial charge is 0.278 e. The number of likely N-dealkylation sites (tertiary alicyclic amines) is 1. The number of aromatic nitrogens is 2. The third kappa shape index (κ3) is 3.75. The van der Waals surface area contributed by atoms with E-state index < -0.39 is 0 Å². The van der Waals surface area contributed by atoms with Gasteiger partial charge in [0.25, 0.3) is 5.91 Å². The van der Waals surface area contributed by atoms with Crippen molar-refractivity contribution in [3.05, 3.63) is 47.0 Å². The summed E-state index contributed by atoms with van der Waals surface area (Å²) in [5.41, 5.74) is 1.97. The molecule has 1 atom stereocenters. The van der Waals surface area contributed by atoms with Gasteiger partial charge in [-0.2, -0.15) is 0 Å². The molecule has 1 aliphatic heterocycles. The Kier molecular flexibility index (Phi) is 4.69. The van der Waals surface area contributed by atoms with Gasteiger partial charge in [-0.25, -0.2) is 9.02 Å². The van der Waals surface area contributed by atoms with E-state index in [4.69, 9.17) is 0 Å². The zero-order chi connectivity index (χ0) is 16.2. The third-order valence-electron chi connectivity index (χ3n) is 4.42. The molecule has 0 N–H and O–H groups in total. The number of hydrogen-bond donors (Lipinski definition) is 0. The molecule has 0 spiro atoms. The van der Waals surface area contributed by atoms with E-state index in [-0.39, 0.29) is 11.7 Å². The second kappa shape index (κ2) is 6.89. The molecule has 1 aliphatic rings. The van der Waals surface area contributed by atoms with Gasteiger partial charge in [-0.1, -0.05) is 17.3 Å². The normalized spacial score (nSPS) is 18.2. The number of amides is 1. The molecule has 0 aliphatic carbocycles. The Labute approximate surface area is 134 Å². The predicted octanol–water partition coefficient (Wildman–Crippen LogP) is 3.00. The van der Waals surface area contributed by atoms with E-state index in [2.05, 4.69) is 14.9 Å². The van der Waals surface area contributed by atoms with Gasteiger partial charge in [-0.05, 0) is 61.4 Å². The number of nitrogens with zero attached hydrogens (tertiary/aromatic N) is 3. The SMILES string of the molecule is Cc1nonc1C(=O)N1CCC[C@@H](CCc2ccc(F)cc2)C1. The summed E-state index contributed by atoms with van der Waals surface area (Å²) in [6, 6.07) is 6.63. The van der Waals surface area contributed by atoms with Gasteiger partial charge in [0.2, 0.25) is 0 Å². The van der Waals surface area contributed by atoms with Crippen LogP contribution in [0.4, 0.5) is 4.39 Å². The number of piperidine rings is 1. The number of carbonyl (C=O) groups excluding carboxylic acids is 1. The molecule has 1 aromatic heterocycles. The number of hydrogen-bond acceptors (Lipinski definition) is 4. The molecule has 1 fully saturated rings. The van der Waals surface area contributed by atoms with Crippen molar-refractivity contribution in [2.75, 3.05) is 13.1 Å². The van der Waals surface area contributed by atoms with Crippen LogP contribution in [0.2, 0.25) is 0 Å². The standard InChI is InChI=1S/C17H20FN3O2/c1-12-16(20-23-19-12)17(22)21-10-2-3-14(11-21)5-4-13-6-8-15(18)9-7-13/h6-9,14H,2-5,10-11H2,1H3/t14-/m0/s1. The maximum absolute atomic E-state index is 12.9. The van der Waals surface area contributed by atoms with E-state index in [0.717, 1.165) is 44.3 Å². The molecule has 0 saturated carbocycles. The first-order valence-electron chi connectivity index (χ1n) is 7.96. The lowest BCUT2D eigenvalue weighted by molar-refractivity contribution is 0.0656. The second-order valence-electron chi connectivity index (χ2n) is 6.12. The predicted molar refractivity (Wildman–Crippen MR) is 82.4 cm³/mol. The van der Waals surface area contributed by atoms with E-state index in [9.17, 15) is 9.18 Å². The molecule has 0 bridgehead atoms. The topological polar surface area (TPSA) is 59.2 Å². The molecule has 2 aromatic rings. The number of halogens is 1. The van der Waals surface area contributed by atoms with Gasteiger partial charge in [-0.15, -0.1) is 0 Å². The van der Waals surface area contributed by atoms with Gasteiger partial charge in [-0.3, -0.25) is 4.79 Å². The Morgan fingerprint density at radius 1 is 1.35 bits per heavy atom. The molecular weight excluding hydrogens is 297 g/mol. The summed E-state index contributed by atoms with van der Waals surface area (Å²) in [6.45, 7) is 3.20. The Morgan fingerprint density at radius 2 is 2.13 bits per heavy atom. The summed E-state index contributed by atoms with van der Waals surface area (Å²) in [4.78, 5) is 14.3. The Bertz CT molecular complexity index is 669. The molecule has 0 unspecified atom stereocenters. The van der Waals surface area contributed by atoms with Crippen molar-refractivity contribution in [2.45, 2.75) is 32.6 Å². The highest BCUT2D eigenvalue weighted by Crippen LogP contribution is 2.23. The monoisotopic (exact) mass is 317 g/mol. The fourth-order valence-corrected chi connectivity index (χ4v) is 3.08. The highest BCUT2D eigenvalue weighted by Gasteiger charge is 2.27. The van der Waals surface area contributed by atoms with Gasteiger partial charge in [0.15, 0.2) is 5.69 Å². The summed E-state index contributed by atoms with van der Waals surface area (Å²) < 4.78 is 17.5. The highest BCUT2D eigenvalue weighted by atomic mass is 19.1. The molecule has 1 aromatic carbocycles. The third-order valence-corrected chi connectivity index (χ3v) is 4.42. The van der Waals surface area contributed by atoms with Gasteiger partial charge in [0.1, 0.15) is 11.5 Å². The molecule has 5 nitrogen and oxygen atoms in total. The van der Waals surface area contributed by atoms with E-state index in [0.29, 0.717) is 17.3 Å². The van der Waals surface area contributed by atoms with Crippen LogP contribution in [0.1, 0.15) is 41.0 Å². The van der Waals surface area contributed by atoms with E-state index in [1.54, 1.807) is 6.92 Å². The Hall–Kier alpha value is -2.24. The second-order valence-corrected chi connectivity index (χ2v) is 6.12. The fourth-order valence-electron chi connectivity index (χ4n) is 3.08. The summed E-state index contributed by atoms with van der Waals surface area (Å²) in [5.74, 6) is 0.146. The van der Waals surface area contributed by atoms with Crippen LogP contribution in [0, 0.1) is 18.7 Å². The van der Waals surface area contributed by atoms with Crippen LogP contribution < -0.4 is 0 Å². The Morgan fingerprint density at radius 3 is 2.83 bits per heavy atom. The van der Waals surface area contributed by atoms with Crippen molar-refractivity contribution in [1.82, 2.24) is 15.2 Å². The molecular formula is C17H20FN3O2. The molecule has 122 valence electrons. The van der Waals surface area contributed by atoms with Crippen LogP contribution in [0.25, 0.3) is 0 Å². The van der Waals surface area contributed by atoms with Crippen molar-refractivity contribution in [2.24, 2.45) is 5.92 Å². The van der Waals surface area contributed by atoms with Crippen LogP contribution in [-0.2, 0) is 6.42 Å². The minimum Gasteiger partial charge on any atom is -0.337 e. The summed E-state index contributed by atoms with van der Waals surface area (Å²) in [6.07, 6.45) is 3.99. The zero-order valence-electron chi connectivity index (χ0n) is 13.2. The number of carbonyl (C=O) groups is 1. The lowest BCUT2D eigenvalue weighted by Crippen LogP contribution is -2.40. The van der Waals surface area contributed by atoms with Crippen LogP contribution in [0.5, 0.6) is 0 Å². The molecule has 0 radical (unpaired) electrons.